The molecule has 1 aliphatic heterocycles. The molecule has 0 atom stereocenters. The molecule has 31 heavy (non-hydrogen) atoms. The molecule has 1 fully saturated rings. The highest BCUT2D eigenvalue weighted by Gasteiger charge is 2.24. The first-order valence-corrected chi connectivity index (χ1v) is 10.7. The van der Waals surface area contributed by atoms with Gasteiger partial charge >= 0.3 is 0 Å². The second-order valence-electron chi connectivity index (χ2n) is 7.55. The molecular weight excluding hydrogens is 392 g/mol. The summed E-state index contributed by atoms with van der Waals surface area (Å²) >= 11 is 0. The molecule has 3 rings (SSSR count). The van der Waals surface area contributed by atoms with E-state index in [0.717, 1.165) is 61.1 Å². The van der Waals surface area contributed by atoms with E-state index in [1.807, 2.05) is 37.3 Å². The largest absolute Gasteiger partial charge is 0.497 e. The van der Waals surface area contributed by atoms with Crippen LogP contribution in [0, 0.1) is 5.92 Å². The average molecular weight is 425 g/mol. The number of hydrogen-bond acceptors (Lipinski definition) is 5. The number of rotatable bonds is 8. The minimum absolute atomic E-state index is 0.0364. The smallest absolute Gasteiger partial charge is 0.220 e. The molecule has 0 saturated carbocycles. The number of primary amides is 1. The van der Waals surface area contributed by atoms with E-state index in [1.165, 1.54) is 0 Å². The molecular formula is C23H32N6O2. The van der Waals surface area contributed by atoms with E-state index in [4.69, 9.17) is 15.5 Å². The van der Waals surface area contributed by atoms with Crippen LogP contribution in [0.1, 0.15) is 30.9 Å². The molecule has 0 unspecified atom stereocenters. The van der Waals surface area contributed by atoms with Crippen LogP contribution in [0.2, 0.25) is 0 Å². The molecule has 0 radical (unpaired) electrons. The van der Waals surface area contributed by atoms with E-state index in [2.05, 4.69) is 26.6 Å². The van der Waals surface area contributed by atoms with Crippen molar-refractivity contribution in [3.63, 3.8) is 0 Å². The van der Waals surface area contributed by atoms with Crippen molar-refractivity contribution >= 4 is 17.7 Å². The van der Waals surface area contributed by atoms with Gasteiger partial charge in [0.15, 0.2) is 5.96 Å². The van der Waals surface area contributed by atoms with Gasteiger partial charge in [0, 0.05) is 43.9 Å². The standard InChI is InChI=1S/C23H32N6O2/c1-3-25-23(27-15-17-6-4-8-20(14-17)31-2)28-16-19-7-5-11-26-22(19)29-12-9-18(10-13-29)21(24)30/h4-8,11,14,18H,3,9-10,12-13,15-16H2,1-2H3,(H2,24,30)(H2,25,27,28). The molecule has 0 bridgehead atoms. The Morgan fingerprint density at radius 3 is 2.77 bits per heavy atom. The van der Waals surface area contributed by atoms with Gasteiger partial charge in [-0.2, -0.15) is 0 Å². The SMILES string of the molecule is CCNC(=NCc1cccc(OC)c1)NCc1cccnc1N1CCC(C(N)=O)CC1. The Morgan fingerprint density at radius 1 is 1.26 bits per heavy atom. The lowest BCUT2D eigenvalue weighted by Crippen LogP contribution is -2.40. The highest BCUT2D eigenvalue weighted by molar-refractivity contribution is 5.80. The number of aromatic nitrogens is 1. The molecule has 2 aromatic rings. The van der Waals surface area contributed by atoms with Gasteiger partial charge in [-0.1, -0.05) is 18.2 Å². The summed E-state index contributed by atoms with van der Waals surface area (Å²) in [4.78, 5) is 23.0. The molecule has 1 aromatic carbocycles. The van der Waals surface area contributed by atoms with E-state index in [1.54, 1.807) is 13.3 Å². The normalized spacial score (nSPS) is 14.9. The summed E-state index contributed by atoms with van der Waals surface area (Å²) in [6, 6.07) is 11.9. The first-order chi connectivity index (χ1) is 15.1. The van der Waals surface area contributed by atoms with Gasteiger partial charge in [-0.05, 0) is 43.5 Å². The molecule has 4 N–H and O–H groups in total. The van der Waals surface area contributed by atoms with E-state index in [0.29, 0.717) is 13.1 Å². The van der Waals surface area contributed by atoms with Crippen LogP contribution in [0.4, 0.5) is 5.82 Å². The Labute approximate surface area is 183 Å². The predicted octanol–water partition coefficient (Wildman–Crippen LogP) is 2.05. The third kappa shape index (κ3) is 6.34. The second kappa shape index (κ2) is 11.2. The molecule has 0 aliphatic carbocycles. The number of carbonyl (C=O) groups excluding carboxylic acids is 1. The summed E-state index contributed by atoms with van der Waals surface area (Å²) in [7, 11) is 1.66. The van der Waals surface area contributed by atoms with Crippen molar-refractivity contribution in [1.82, 2.24) is 15.6 Å². The summed E-state index contributed by atoms with van der Waals surface area (Å²) in [6.45, 7) is 5.52. The number of ether oxygens (including phenoxy) is 1. The molecule has 8 nitrogen and oxygen atoms in total. The zero-order valence-corrected chi connectivity index (χ0v) is 18.3. The molecule has 1 aromatic heterocycles. The van der Waals surface area contributed by atoms with Crippen LogP contribution in [0.3, 0.4) is 0 Å². The molecule has 2 heterocycles. The van der Waals surface area contributed by atoms with Gasteiger partial charge in [0.2, 0.25) is 5.91 Å². The number of nitrogens with two attached hydrogens (primary N) is 1. The Bertz CT molecular complexity index is 893. The maximum Gasteiger partial charge on any atom is 0.220 e. The number of hydrogen-bond donors (Lipinski definition) is 3. The zero-order chi connectivity index (χ0) is 22.1. The lowest BCUT2D eigenvalue weighted by Gasteiger charge is -2.32. The van der Waals surface area contributed by atoms with Crippen molar-refractivity contribution in [2.24, 2.45) is 16.6 Å². The summed E-state index contributed by atoms with van der Waals surface area (Å²) in [5.41, 5.74) is 7.64. The summed E-state index contributed by atoms with van der Waals surface area (Å²) < 4.78 is 5.29. The summed E-state index contributed by atoms with van der Waals surface area (Å²) in [5.74, 6) is 2.27. The minimum atomic E-state index is -0.204. The van der Waals surface area contributed by atoms with Gasteiger partial charge in [-0.15, -0.1) is 0 Å². The molecule has 166 valence electrons. The Balaban J connectivity index is 1.65. The quantitative estimate of drug-likeness (QED) is 0.443. The lowest BCUT2D eigenvalue weighted by atomic mass is 9.96. The van der Waals surface area contributed by atoms with E-state index < -0.39 is 0 Å². The fourth-order valence-electron chi connectivity index (χ4n) is 3.69. The Kier molecular flexibility index (Phi) is 8.09. The monoisotopic (exact) mass is 424 g/mol. The van der Waals surface area contributed by atoms with Crippen molar-refractivity contribution in [1.29, 1.82) is 0 Å². The van der Waals surface area contributed by atoms with Crippen molar-refractivity contribution < 1.29 is 9.53 Å². The molecule has 0 spiro atoms. The first-order valence-electron chi connectivity index (χ1n) is 10.7. The summed E-state index contributed by atoms with van der Waals surface area (Å²) in [6.07, 6.45) is 3.34. The van der Waals surface area contributed by atoms with Gasteiger partial charge < -0.3 is 26.0 Å². The number of amides is 1. The number of guanidine groups is 1. The maximum absolute atomic E-state index is 11.5. The molecule has 1 aliphatic rings. The van der Waals surface area contributed by atoms with Crippen LogP contribution in [0.15, 0.2) is 47.6 Å². The number of aliphatic imine (C=N–C) groups is 1. The number of anilines is 1. The Morgan fingerprint density at radius 2 is 2.06 bits per heavy atom. The number of pyridine rings is 1. The number of benzene rings is 1. The average Bonchev–Trinajstić information content (AvgIpc) is 2.81. The van der Waals surface area contributed by atoms with Crippen molar-refractivity contribution in [3.05, 3.63) is 53.7 Å². The van der Waals surface area contributed by atoms with Crippen LogP contribution in [0.5, 0.6) is 5.75 Å². The predicted molar refractivity (Wildman–Crippen MR) is 123 cm³/mol. The first kappa shape index (κ1) is 22.4. The van der Waals surface area contributed by atoms with Gasteiger partial charge in [0.05, 0.1) is 13.7 Å². The Hall–Kier alpha value is -3.29. The zero-order valence-electron chi connectivity index (χ0n) is 18.3. The fourth-order valence-corrected chi connectivity index (χ4v) is 3.69. The van der Waals surface area contributed by atoms with Crippen LogP contribution in [-0.2, 0) is 17.9 Å². The highest BCUT2D eigenvalue weighted by Crippen LogP contribution is 2.24. The van der Waals surface area contributed by atoms with Crippen molar-refractivity contribution in [2.75, 3.05) is 31.6 Å². The molecule has 1 amide bonds. The van der Waals surface area contributed by atoms with Crippen LogP contribution < -0.4 is 26.0 Å². The van der Waals surface area contributed by atoms with Gasteiger partial charge in [0.1, 0.15) is 11.6 Å². The highest BCUT2D eigenvalue weighted by atomic mass is 16.5. The van der Waals surface area contributed by atoms with E-state index >= 15 is 0 Å². The second-order valence-corrected chi connectivity index (χ2v) is 7.55. The van der Waals surface area contributed by atoms with Crippen molar-refractivity contribution in [2.45, 2.75) is 32.9 Å². The number of carbonyl (C=O) groups is 1. The fraction of sp³-hybridized carbons (Fsp3) is 0.435. The van der Waals surface area contributed by atoms with Gasteiger partial charge in [-0.25, -0.2) is 9.98 Å². The third-order valence-electron chi connectivity index (χ3n) is 5.41. The topological polar surface area (TPSA) is 105 Å². The number of nitrogens with zero attached hydrogens (tertiary/aromatic N) is 3. The number of methoxy groups -OCH3 is 1. The number of nitrogens with one attached hydrogen (secondary N) is 2. The molecule has 8 heteroatoms. The third-order valence-corrected chi connectivity index (χ3v) is 5.41. The van der Waals surface area contributed by atoms with E-state index in [9.17, 15) is 4.79 Å². The summed E-state index contributed by atoms with van der Waals surface area (Å²) in [5, 5.41) is 6.70. The van der Waals surface area contributed by atoms with Crippen molar-refractivity contribution in [3.8, 4) is 5.75 Å². The van der Waals surface area contributed by atoms with Gasteiger partial charge in [0.25, 0.3) is 0 Å². The minimum Gasteiger partial charge on any atom is -0.497 e. The molecule has 1 saturated heterocycles. The van der Waals surface area contributed by atoms with Crippen LogP contribution in [-0.4, -0.2) is 43.6 Å². The van der Waals surface area contributed by atoms with Crippen LogP contribution in [0.25, 0.3) is 0 Å². The van der Waals surface area contributed by atoms with Crippen LogP contribution >= 0.6 is 0 Å². The van der Waals surface area contributed by atoms with Gasteiger partial charge in [-0.3, -0.25) is 4.79 Å². The number of piperidine rings is 1. The van der Waals surface area contributed by atoms with E-state index in [-0.39, 0.29) is 11.8 Å². The lowest BCUT2D eigenvalue weighted by molar-refractivity contribution is -0.122. The maximum atomic E-state index is 11.5.